The molecular weight excluding hydrogens is 259 g/mol. The first-order valence-electron chi connectivity index (χ1n) is 5.20. The minimum Gasteiger partial charge on any atom is -0.383 e. The fourth-order valence-electron chi connectivity index (χ4n) is 1.88. The fraction of sp³-hybridized carbons (Fsp3) is 0.455. The Balaban J connectivity index is 2.46. The molecular formula is C11H14BrFN2. The summed E-state index contributed by atoms with van der Waals surface area (Å²) in [7, 11) is 0. The molecule has 0 unspecified atom stereocenters. The van der Waals surface area contributed by atoms with Gasteiger partial charge in [0.2, 0.25) is 0 Å². The molecule has 1 aliphatic rings. The number of halogens is 2. The Hall–Kier alpha value is -0.770. The van der Waals surface area contributed by atoms with E-state index in [0.29, 0.717) is 4.47 Å². The smallest absolute Gasteiger partial charge is 0.139 e. The lowest BCUT2D eigenvalue weighted by molar-refractivity contribution is 0.620. The number of anilines is 2. The lowest BCUT2D eigenvalue weighted by Gasteiger charge is -2.22. The van der Waals surface area contributed by atoms with E-state index in [2.05, 4.69) is 33.1 Å². The van der Waals surface area contributed by atoms with E-state index < -0.39 is 0 Å². The van der Waals surface area contributed by atoms with Gasteiger partial charge in [0.05, 0.1) is 15.8 Å². The maximum Gasteiger partial charge on any atom is 0.139 e. The second kappa shape index (κ2) is 4.39. The second-order valence-electron chi connectivity index (χ2n) is 3.64. The van der Waals surface area contributed by atoms with Gasteiger partial charge in [0.1, 0.15) is 5.82 Å². The van der Waals surface area contributed by atoms with E-state index in [-0.39, 0.29) is 5.82 Å². The van der Waals surface area contributed by atoms with E-state index >= 15 is 0 Å². The monoisotopic (exact) mass is 272 g/mol. The molecule has 0 amide bonds. The first-order valence-corrected chi connectivity index (χ1v) is 5.99. The molecule has 0 bridgehead atoms. The van der Waals surface area contributed by atoms with Crippen LogP contribution in [0.2, 0.25) is 0 Å². The highest BCUT2D eigenvalue weighted by molar-refractivity contribution is 9.10. The molecule has 0 spiro atoms. The van der Waals surface area contributed by atoms with Crippen LogP contribution in [0.5, 0.6) is 0 Å². The van der Waals surface area contributed by atoms with E-state index in [1.54, 1.807) is 6.07 Å². The van der Waals surface area contributed by atoms with Crippen LogP contribution in [0.4, 0.5) is 15.8 Å². The number of nitrogens with zero attached hydrogens (tertiary/aromatic N) is 1. The highest BCUT2D eigenvalue weighted by atomic mass is 79.9. The number of benzene rings is 1. The van der Waals surface area contributed by atoms with Crippen molar-refractivity contribution in [1.29, 1.82) is 0 Å². The van der Waals surface area contributed by atoms with Crippen molar-refractivity contribution in [2.24, 2.45) is 0 Å². The molecule has 1 heterocycles. The van der Waals surface area contributed by atoms with E-state index in [4.69, 9.17) is 0 Å². The molecule has 82 valence electrons. The van der Waals surface area contributed by atoms with Gasteiger partial charge in [-0.25, -0.2) is 4.39 Å². The van der Waals surface area contributed by atoms with Crippen LogP contribution in [0.15, 0.2) is 16.6 Å². The van der Waals surface area contributed by atoms with Gasteiger partial charge in [0.15, 0.2) is 0 Å². The number of hydrogen-bond acceptors (Lipinski definition) is 2. The van der Waals surface area contributed by atoms with Crippen molar-refractivity contribution in [3.63, 3.8) is 0 Å². The molecule has 2 rings (SSSR count). The summed E-state index contributed by atoms with van der Waals surface area (Å²) >= 11 is 3.21. The van der Waals surface area contributed by atoms with Crippen LogP contribution in [0.3, 0.4) is 0 Å². The average molecular weight is 273 g/mol. The normalized spacial score (nSPS) is 15.5. The number of rotatable bonds is 1. The van der Waals surface area contributed by atoms with Crippen molar-refractivity contribution in [1.82, 2.24) is 0 Å². The average Bonchev–Trinajstić information content (AvgIpc) is 2.41. The fourth-order valence-corrected chi connectivity index (χ4v) is 2.22. The van der Waals surface area contributed by atoms with E-state index in [1.165, 1.54) is 0 Å². The Kier molecular flexibility index (Phi) is 3.14. The Labute approximate surface area is 97.6 Å². The highest BCUT2D eigenvalue weighted by Gasteiger charge is 2.15. The lowest BCUT2D eigenvalue weighted by atomic mass is 10.2. The van der Waals surface area contributed by atoms with Crippen LogP contribution in [0, 0.1) is 5.82 Å². The summed E-state index contributed by atoms with van der Waals surface area (Å²) in [6.45, 7) is 4.93. The van der Waals surface area contributed by atoms with Crippen molar-refractivity contribution in [3.05, 3.63) is 22.4 Å². The van der Waals surface area contributed by atoms with Gasteiger partial charge in [-0.05, 0) is 35.3 Å². The Bertz CT molecular complexity index is 368. The van der Waals surface area contributed by atoms with Gasteiger partial charge < -0.3 is 10.2 Å². The largest absolute Gasteiger partial charge is 0.383 e. The van der Waals surface area contributed by atoms with Crippen molar-refractivity contribution in [2.75, 3.05) is 29.9 Å². The van der Waals surface area contributed by atoms with E-state index in [1.807, 2.05) is 6.07 Å². The highest BCUT2D eigenvalue weighted by Crippen LogP contribution is 2.33. The minimum absolute atomic E-state index is 0.198. The summed E-state index contributed by atoms with van der Waals surface area (Å²) in [5.41, 5.74) is 1.98. The van der Waals surface area contributed by atoms with Gasteiger partial charge in [-0.3, -0.25) is 0 Å². The molecule has 1 aromatic rings. The van der Waals surface area contributed by atoms with E-state index in [9.17, 15) is 4.39 Å². The third-order valence-corrected chi connectivity index (χ3v) is 3.29. The van der Waals surface area contributed by atoms with Crippen molar-refractivity contribution in [2.45, 2.75) is 13.3 Å². The maximum absolute atomic E-state index is 13.4. The second-order valence-corrected chi connectivity index (χ2v) is 4.50. The molecule has 15 heavy (non-hydrogen) atoms. The zero-order chi connectivity index (χ0) is 10.8. The molecule has 1 aliphatic heterocycles. The summed E-state index contributed by atoms with van der Waals surface area (Å²) in [5, 5.41) is 3.32. The molecule has 0 fully saturated rings. The van der Waals surface area contributed by atoms with Gasteiger partial charge in [-0.1, -0.05) is 0 Å². The Morgan fingerprint density at radius 3 is 3.07 bits per heavy atom. The maximum atomic E-state index is 13.4. The zero-order valence-electron chi connectivity index (χ0n) is 8.69. The van der Waals surface area contributed by atoms with Crippen molar-refractivity contribution < 1.29 is 4.39 Å². The first kappa shape index (κ1) is 10.7. The summed E-state index contributed by atoms with van der Waals surface area (Å²) in [5.74, 6) is -0.198. The topological polar surface area (TPSA) is 15.3 Å². The lowest BCUT2D eigenvalue weighted by Crippen LogP contribution is -2.23. The molecule has 0 saturated carbocycles. The van der Waals surface area contributed by atoms with Crippen LogP contribution < -0.4 is 10.2 Å². The molecule has 0 aromatic heterocycles. The van der Waals surface area contributed by atoms with Crippen LogP contribution in [0.1, 0.15) is 13.3 Å². The number of fused-ring (bicyclic) bond motifs is 1. The molecule has 4 heteroatoms. The van der Waals surface area contributed by atoms with Gasteiger partial charge >= 0.3 is 0 Å². The Morgan fingerprint density at radius 1 is 1.53 bits per heavy atom. The predicted octanol–water partition coefficient (Wildman–Crippen LogP) is 3.23. The van der Waals surface area contributed by atoms with Crippen molar-refractivity contribution >= 4 is 27.3 Å². The summed E-state index contributed by atoms with van der Waals surface area (Å²) in [6.07, 6.45) is 1.09. The van der Waals surface area contributed by atoms with Crippen LogP contribution >= 0.6 is 15.9 Å². The molecule has 0 aliphatic carbocycles. The molecule has 1 aromatic carbocycles. The third-order valence-electron chi connectivity index (χ3n) is 2.68. The summed E-state index contributed by atoms with van der Waals surface area (Å²) < 4.78 is 14.0. The van der Waals surface area contributed by atoms with Gasteiger partial charge in [0.25, 0.3) is 0 Å². The molecule has 0 saturated heterocycles. The third kappa shape index (κ3) is 2.09. The molecule has 0 radical (unpaired) electrons. The van der Waals surface area contributed by atoms with Crippen LogP contribution in [-0.4, -0.2) is 19.6 Å². The van der Waals surface area contributed by atoms with Crippen LogP contribution in [0.25, 0.3) is 0 Å². The number of hydrogen-bond donors (Lipinski definition) is 1. The summed E-state index contributed by atoms with van der Waals surface area (Å²) in [4.78, 5) is 2.20. The SMILES string of the molecule is CCN1CCCNc2cc(Br)c(F)cc21. The zero-order valence-corrected chi connectivity index (χ0v) is 10.3. The van der Waals surface area contributed by atoms with Gasteiger partial charge in [-0.15, -0.1) is 0 Å². The minimum atomic E-state index is -0.198. The molecule has 0 atom stereocenters. The molecule has 2 nitrogen and oxygen atoms in total. The first-order chi connectivity index (χ1) is 7.22. The molecule has 1 N–H and O–H groups in total. The predicted molar refractivity (Wildman–Crippen MR) is 65.1 cm³/mol. The van der Waals surface area contributed by atoms with Gasteiger partial charge in [-0.2, -0.15) is 0 Å². The number of nitrogens with one attached hydrogen (secondary N) is 1. The standard InChI is InChI=1S/C11H14BrFN2/c1-2-15-5-3-4-14-10-6-8(12)9(13)7-11(10)15/h6-7,14H,2-5H2,1H3. The summed E-state index contributed by atoms with van der Waals surface area (Å²) in [6, 6.07) is 3.42. The van der Waals surface area contributed by atoms with Crippen molar-refractivity contribution in [3.8, 4) is 0 Å². The quantitative estimate of drug-likeness (QED) is 0.845. The Morgan fingerprint density at radius 2 is 2.33 bits per heavy atom. The van der Waals surface area contributed by atoms with Gasteiger partial charge in [0, 0.05) is 25.7 Å². The van der Waals surface area contributed by atoms with Crippen LogP contribution in [-0.2, 0) is 0 Å². The van der Waals surface area contributed by atoms with E-state index in [0.717, 1.165) is 37.4 Å².